The molecule has 0 unspecified atom stereocenters. The van der Waals surface area contributed by atoms with Crippen LogP contribution in [-0.4, -0.2) is 13.3 Å². The van der Waals surface area contributed by atoms with Crippen LogP contribution in [0, 0.1) is 0 Å². The van der Waals surface area contributed by atoms with Gasteiger partial charge in [-0.3, -0.25) is 0 Å². The van der Waals surface area contributed by atoms with Gasteiger partial charge in [0.1, 0.15) is 0 Å². The summed E-state index contributed by atoms with van der Waals surface area (Å²) < 4.78 is 0. The molecule has 0 saturated carbocycles. The molecule has 0 aliphatic heterocycles. The number of aryl methyl sites for hydroxylation is 2. The third-order valence-electron chi connectivity index (χ3n) is 2.18. The van der Waals surface area contributed by atoms with E-state index in [1.165, 1.54) is 11.1 Å². The molecule has 0 heterocycles. The second kappa shape index (κ2) is 5.52. The molecule has 0 bridgehead atoms. The molecule has 1 heteroatoms. The van der Waals surface area contributed by atoms with Gasteiger partial charge in [0.25, 0.3) is 0 Å². The Morgan fingerprint density at radius 2 is 2.08 bits per heavy atom. The molecule has 1 aromatic rings. The fourth-order valence-electron chi connectivity index (χ4n) is 1.40. The molecule has 70 valence electrons. The van der Waals surface area contributed by atoms with Crippen LogP contribution >= 0.6 is 0 Å². The van der Waals surface area contributed by atoms with Crippen LogP contribution in [-0.2, 0) is 12.8 Å². The fourth-order valence-corrected chi connectivity index (χ4v) is 1.40. The second-order valence-corrected chi connectivity index (χ2v) is 3.22. The highest BCUT2D eigenvalue weighted by Crippen LogP contribution is 2.07. The molecule has 1 aromatic carbocycles. The lowest BCUT2D eigenvalue weighted by atomic mass is 10.1. The van der Waals surface area contributed by atoms with Gasteiger partial charge in [-0.25, -0.2) is 0 Å². The van der Waals surface area contributed by atoms with Crippen molar-refractivity contribution in [1.82, 2.24) is 0 Å². The Morgan fingerprint density at radius 3 is 2.77 bits per heavy atom. The second-order valence-electron chi connectivity index (χ2n) is 3.22. The van der Waals surface area contributed by atoms with E-state index in [2.05, 4.69) is 42.9 Å². The molecule has 0 spiro atoms. The molecule has 0 aliphatic rings. The van der Waals surface area contributed by atoms with Gasteiger partial charge in [0.15, 0.2) is 0 Å². The maximum absolute atomic E-state index is 3.84. The normalized spacial score (nSPS) is 9.92. The minimum absolute atomic E-state index is 0.871. The summed E-state index contributed by atoms with van der Waals surface area (Å²) in [5.41, 5.74) is 2.84. The van der Waals surface area contributed by atoms with Crippen molar-refractivity contribution in [2.75, 3.05) is 6.54 Å². The minimum Gasteiger partial charge on any atom is -0.301 e. The maximum Gasteiger partial charge on any atom is 0.0385 e. The summed E-state index contributed by atoms with van der Waals surface area (Å²) in [5.74, 6) is 0. The first kappa shape index (κ1) is 9.97. The third-order valence-corrected chi connectivity index (χ3v) is 2.18. The number of aliphatic imine (C=N–C) groups is 1. The Labute approximate surface area is 80.5 Å². The van der Waals surface area contributed by atoms with E-state index in [1.54, 1.807) is 0 Å². The minimum atomic E-state index is 0.871. The highest BCUT2D eigenvalue weighted by molar-refractivity contribution is 5.24. The van der Waals surface area contributed by atoms with Crippen LogP contribution in [0.3, 0.4) is 0 Å². The molecule has 1 nitrogen and oxygen atoms in total. The topological polar surface area (TPSA) is 12.4 Å². The van der Waals surface area contributed by atoms with Gasteiger partial charge < -0.3 is 4.99 Å². The van der Waals surface area contributed by atoms with Crippen molar-refractivity contribution in [2.45, 2.75) is 26.2 Å². The molecule has 0 saturated heterocycles. The van der Waals surface area contributed by atoms with Gasteiger partial charge >= 0.3 is 0 Å². The van der Waals surface area contributed by atoms with Crippen molar-refractivity contribution >= 4 is 6.72 Å². The van der Waals surface area contributed by atoms with Gasteiger partial charge in [-0.05, 0) is 37.1 Å². The number of nitrogens with zero attached hydrogens (tertiary/aromatic N) is 1. The maximum atomic E-state index is 3.84. The average Bonchev–Trinajstić information content (AvgIpc) is 2.19. The van der Waals surface area contributed by atoms with Gasteiger partial charge in [0.05, 0.1) is 0 Å². The van der Waals surface area contributed by atoms with Crippen molar-refractivity contribution in [3.8, 4) is 0 Å². The molecular formula is C12H17N. The van der Waals surface area contributed by atoms with Gasteiger partial charge in [-0.2, -0.15) is 0 Å². The molecule has 0 aromatic heterocycles. The average molecular weight is 175 g/mol. The van der Waals surface area contributed by atoms with Crippen molar-refractivity contribution < 1.29 is 0 Å². The van der Waals surface area contributed by atoms with Crippen LogP contribution in [0.1, 0.15) is 24.5 Å². The molecule has 1 rings (SSSR count). The van der Waals surface area contributed by atoms with E-state index in [0.717, 1.165) is 25.8 Å². The Kier molecular flexibility index (Phi) is 4.24. The van der Waals surface area contributed by atoms with Gasteiger partial charge in [0.2, 0.25) is 0 Å². The summed E-state index contributed by atoms with van der Waals surface area (Å²) in [5, 5.41) is 0. The predicted octanol–water partition coefficient (Wildman–Crippen LogP) is 2.88. The first-order valence-electron chi connectivity index (χ1n) is 4.87. The molecule has 0 fully saturated rings. The van der Waals surface area contributed by atoms with Gasteiger partial charge in [-0.1, -0.05) is 31.2 Å². The number of benzene rings is 1. The summed E-state index contributed by atoms with van der Waals surface area (Å²) >= 11 is 0. The Bertz CT molecular complexity index is 266. The first-order valence-corrected chi connectivity index (χ1v) is 4.87. The summed E-state index contributed by atoms with van der Waals surface area (Å²) in [6, 6.07) is 8.77. The Morgan fingerprint density at radius 1 is 1.31 bits per heavy atom. The third kappa shape index (κ3) is 3.41. The Hall–Kier alpha value is -1.11. The summed E-state index contributed by atoms with van der Waals surface area (Å²) in [6.45, 7) is 6.53. The highest BCUT2D eigenvalue weighted by Gasteiger charge is 1.93. The quantitative estimate of drug-likeness (QED) is 0.482. The van der Waals surface area contributed by atoms with Crippen LogP contribution in [0.25, 0.3) is 0 Å². The van der Waals surface area contributed by atoms with E-state index in [4.69, 9.17) is 0 Å². The van der Waals surface area contributed by atoms with Crippen LogP contribution < -0.4 is 0 Å². The summed E-state index contributed by atoms with van der Waals surface area (Å²) in [4.78, 5) is 3.84. The zero-order chi connectivity index (χ0) is 9.52. The lowest BCUT2D eigenvalue weighted by Crippen LogP contribution is -1.89. The van der Waals surface area contributed by atoms with Crippen molar-refractivity contribution in [2.24, 2.45) is 4.99 Å². The first-order chi connectivity index (χ1) is 6.36. The van der Waals surface area contributed by atoms with Crippen molar-refractivity contribution in [1.29, 1.82) is 0 Å². The Balaban J connectivity index is 2.50. The van der Waals surface area contributed by atoms with Crippen molar-refractivity contribution in [3.63, 3.8) is 0 Å². The van der Waals surface area contributed by atoms with E-state index in [-0.39, 0.29) is 0 Å². The molecule has 0 N–H and O–H groups in total. The molecule has 0 aliphatic carbocycles. The lowest BCUT2D eigenvalue weighted by Gasteiger charge is -2.01. The van der Waals surface area contributed by atoms with Crippen LogP contribution in [0.15, 0.2) is 29.3 Å². The number of hydrogen-bond donors (Lipinski definition) is 0. The standard InChI is InChI=1S/C12H17N/c1-3-11-6-4-7-12(10-11)8-5-9-13-2/h4,6-7,10H,2-3,5,8-9H2,1H3. The van der Waals surface area contributed by atoms with Crippen molar-refractivity contribution in [3.05, 3.63) is 35.4 Å². The molecule has 0 radical (unpaired) electrons. The van der Waals surface area contributed by atoms with E-state index >= 15 is 0 Å². The zero-order valence-electron chi connectivity index (χ0n) is 8.29. The van der Waals surface area contributed by atoms with E-state index in [1.807, 2.05) is 0 Å². The van der Waals surface area contributed by atoms with Crippen LogP contribution in [0.5, 0.6) is 0 Å². The van der Waals surface area contributed by atoms with E-state index < -0.39 is 0 Å². The molecule has 0 amide bonds. The van der Waals surface area contributed by atoms with Crippen LogP contribution in [0.2, 0.25) is 0 Å². The molecule has 0 atom stereocenters. The number of hydrogen-bond acceptors (Lipinski definition) is 1. The van der Waals surface area contributed by atoms with Crippen LogP contribution in [0.4, 0.5) is 0 Å². The van der Waals surface area contributed by atoms with E-state index in [0.29, 0.717) is 0 Å². The fraction of sp³-hybridized carbons (Fsp3) is 0.417. The number of rotatable bonds is 5. The molecular weight excluding hydrogens is 158 g/mol. The predicted molar refractivity (Wildman–Crippen MR) is 58.6 cm³/mol. The SMILES string of the molecule is C=NCCCc1cccc(CC)c1. The zero-order valence-corrected chi connectivity index (χ0v) is 8.29. The largest absolute Gasteiger partial charge is 0.301 e. The smallest absolute Gasteiger partial charge is 0.0385 e. The monoisotopic (exact) mass is 175 g/mol. The summed E-state index contributed by atoms with van der Waals surface area (Å²) in [6.07, 6.45) is 3.34. The van der Waals surface area contributed by atoms with E-state index in [9.17, 15) is 0 Å². The summed E-state index contributed by atoms with van der Waals surface area (Å²) in [7, 11) is 0. The highest BCUT2D eigenvalue weighted by atomic mass is 14.7. The van der Waals surface area contributed by atoms with Gasteiger partial charge in [-0.15, -0.1) is 0 Å². The lowest BCUT2D eigenvalue weighted by molar-refractivity contribution is 0.836. The molecule has 13 heavy (non-hydrogen) atoms. The van der Waals surface area contributed by atoms with Gasteiger partial charge in [0, 0.05) is 6.54 Å².